The summed E-state index contributed by atoms with van der Waals surface area (Å²) in [5.74, 6) is -0.157. The molecule has 1 saturated heterocycles. The second-order valence-electron chi connectivity index (χ2n) is 7.74. The van der Waals surface area contributed by atoms with Gasteiger partial charge in [-0.15, -0.1) is 0 Å². The standard InChI is InChI=1S/C24H25NO6/c1-16-6-4-5-11-25(16)22(26)15-31-24(28)19-8-3-2-7-18(19)23(27)17-9-10-20-21(14-17)30-13-12-29-20/h2-3,7-10,14,16H,4-6,11-13,15H2,1H3/t16-/m0/s1. The predicted octanol–water partition coefficient (Wildman–Crippen LogP) is 3.25. The zero-order chi connectivity index (χ0) is 21.8. The van der Waals surface area contributed by atoms with Crippen LogP contribution < -0.4 is 9.47 Å². The lowest BCUT2D eigenvalue weighted by Gasteiger charge is -2.33. The van der Waals surface area contributed by atoms with E-state index in [2.05, 4.69) is 0 Å². The smallest absolute Gasteiger partial charge is 0.339 e. The molecule has 0 aromatic heterocycles. The van der Waals surface area contributed by atoms with Crippen molar-refractivity contribution in [3.8, 4) is 11.5 Å². The third kappa shape index (κ3) is 4.55. The summed E-state index contributed by atoms with van der Waals surface area (Å²) in [6.45, 7) is 3.22. The Kier molecular flexibility index (Phi) is 6.21. The lowest BCUT2D eigenvalue weighted by Crippen LogP contribution is -2.44. The van der Waals surface area contributed by atoms with Crippen molar-refractivity contribution < 1.29 is 28.6 Å². The van der Waals surface area contributed by atoms with Gasteiger partial charge in [0.1, 0.15) is 13.2 Å². The number of carbonyl (C=O) groups excluding carboxylic acids is 3. The maximum absolute atomic E-state index is 13.1. The van der Waals surface area contributed by atoms with Crippen LogP contribution in [0.25, 0.3) is 0 Å². The number of hydrogen-bond acceptors (Lipinski definition) is 6. The number of piperidine rings is 1. The van der Waals surface area contributed by atoms with Crippen LogP contribution in [0.1, 0.15) is 52.5 Å². The van der Waals surface area contributed by atoms with Gasteiger partial charge in [0.25, 0.3) is 5.91 Å². The summed E-state index contributed by atoms with van der Waals surface area (Å²) in [6, 6.07) is 11.5. The summed E-state index contributed by atoms with van der Waals surface area (Å²) < 4.78 is 16.3. The van der Waals surface area contributed by atoms with Crippen molar-refractivity contribution in [3.63, 3.8) is 0 Å². The molecule has 1 fully saturated rings. The van der Waals surface area contributed by atoms with Crippen LogP contribution in [0.5, 0.6) is 11.5 Å². The molecule has 0 saturated carbocycles. The van der Waals surface area contributed by atoms with Gasteiger partial charge in [-0.3, -0.25) is 9.59 Å². The van der Waals surface area contributed by atoms with Gasteiger partial charge in [-0.2, -0.15) is 0 Å². The van der Waals surface area contributed by atoms with Crippen LogP contribution in [0.15, 0.2) is 42.5 Å². The Hall–Kier alpha value is -3.35. The summed E-state index contributed by atoms with van der Waals surface area (Å²) in [7, 11) is 0. The Labute approximate surface area is 180 Å². The molecule has 162 valence electrons. The molecule has 0 bridgehead atoms. The van der Waals surface area contributed by atoms with Crippen molar-refractivity contribution >= 4 is 17.7 Å². The van der Waals surface area contributed by atoms with Crippen molar-refractivity contribution in [2.24, 2.45) is 0 Å². The predicted molar refractivity (Wildman–Crippen MR) is 113 cm³/mol. The van der Waals surface area contributed by atoms with Gasteiger partial charge in [-0.05, 0) is 50.5 Å². The van der Waals surface area contributed by atoms with E-state index in [0.29, 0.717) is 36.8 Å². The largest absolute Gasteiger partial charge is 0.486 e. The first-order valence-corrected chi connectivity index (χ1v) is 10.5. The Balaban J connectivity index is 1.48. The van der Waals surface area contributed by atoms with E-state index in [-0.39, 0.29) is 35.5 Å². The van der Waals surface area contributed by atoms with Crippen LogP contribution in [0.2, 0.25) is 0 Å². The van der Waals surface area contributed by atoms with E-state index in [1.54, 1.807) is 41.3 Å². The van der Waals surface area contributed by atoms with Gasteiger partial charge in [-0.25, -0.2) is 4.79 Å². The minimum Gasteiger partial charge on any atom is -0.486 e. The van der Waals surface area contributed by atoms with Crippen molar-refractivity contribution in [1.29, 1.82) is 0 Å². The van der Waals surface area contributed by atoms with Gasteiger partial charge >= 0.3 is 5.97 Å². The molecule has 0 unspecified atom stereocenters. The van der Waals surface area contributed by atoms with Crippen LogP contribution in [0, 0.1) is 0 Å². The number of ether oxygens (including phenoxy) is 3. The highest BCUT2D eigenvalue weighted by atomic mass is 16.6. The van der Waals surface area contributed by atoms with Gasteiger partial charge in [0.15, 0.2) is 23.9 Å². The second kappa shape index (κ2) is 9.20. The highest BCUT2D eigenvalue weighted by molar-refractivity contribution is 6.14. The molecule has 2 aromatic carbocycles. The zero-order valence-corrected chi connectivity index (χ0v) is 17.5. The normalized spacial score (nSPS) is 17.7. The monoisotopic (exact) mass is 423 g/mol. The second-order valence-corrected chi connectivity index (χ2v) is 7.74. The van der Waals surface area contributed by atoms with E-state index in [0.717, 1.165) is 19.3 Å². The first-order chi connectivity index (χ1) is 15.0. The lowest BCUT2D eigenvalue weighted by molar-refractivity contribution is -0.137. The first-order valence-electron chi connectivity index (χ1n) is 10.5. The molecule has 0 radical (unpaired) electrons. The van der Waals surface area contributed by atoms with Crippen molar-refractivity contribution in [1.82, 2.24) is 4.90 Å². The molecule has 0 aliphatic carbocycles. The van der Waals surface area contributed by atoms with Crippen molar-refractivity contribution in [3.05, 3.63) is 59.2 Å². The molecule has 2 aliphatic heterocycles. The topological polar surface area (TPSA) is 82.1 Å². The number of benzene rings is 2. The molecule has 31 heavy (non-hydrogen) atoms. The number of likely N-dealkylation sites (tertiary alicyclic amines) is 1. The molecule has 2 heterocycles. The number of rotatable bonds is 5. The number of nitrogens with zero attached hydrogens (tertiary/aromatic N) is 1. The number of ketones is 1. The van der Waals surface area contributed by atoms with Crippen molar-refractivity contribution in [2.75, 3.05) is 26.4 Å². The van der Waals surface area contributed by atoms with Gasteiger partial charge < -0.3 is 19.1 Å². The maximum atomic E-state index is 13.1. The highest BCUT2D eigenvalue weighted by Gasteiger charge is 2.26. The third-order valence-electron chi connectivity index (χ3n) is 5.65. The molecule has 2 aliphatic rings. The van der Waals surface area contributed by atoms with Crippen LogP contribution in [0.3, 0.4) is 0 Å². The third-order valence-corrected chi connectivity index (χ3v) is 5.65. The summed E-state index contributed by atoms with van der Waals surface area (Å²) in [4.78, 5) is 40.0. The number of amides is 1. The highest BCUT2D eigenvalue weighted by Crippen LogP contribution is 2.31. The molecule has 4 rings (SSSR count). The number of esters is 1. The Morgan fingerprint density at radius 1 is 1.00 bits per heavy atom. The van der Waals surface area contributed by atoms with E-state index in [4.69, 9.17) is 14.2 Å². The average Bonchev–Trinajstić information content (AvgIpc) is 2.81. The van der Waals surface area contributed by atoms with Gasteiger partial charge in [0.05, 0.1) is 5.56 Å². The number of hydrogen-bond donors (Lipinski definition) is 0. The summed E-state index contributed by atoms with van der Waals surface area (Å²) in [6.07, 6.45) is 3.00. The lowest BCUT2D eigenvalue weighted by atomic mass is 9.98. The molecule has 2 aromatic rings. The minimum absolute atomic E-state index is 0.127. The van der Waals surface area contributed by atoms with E-state index in [1.165, 1.54) is 6.07 Å². The van der Waals surface area contributed by atoms with Crippen LogP contribution in [0.4, 0.5) is 0 Å². The van der Waals surface area contributed by atoms with E-state index in [1.807, 2.05) is 6.92 Å². The Morgan fingerprint density at radius 2 is 1.74 bits per heavy atom. The van der Waals surface area contributed by atoms with Crippen LogP contribution >= 0.6 is 0 Å². The summed E-state index contributed by atoms with van der Waals surface area (Å²) >= 11 is 0. The van der Waals surface area contributed by atoms with Gasteiger partial charge in [0.2, 0.25) is 0 Å². The zero-order valence-electron chi connectivity index (χ0n) is 17.5. The van der Waals surface area contributed by atoms with Crippen LogP contribution in [-0.2, 0) is 9.53 Å². The fourth-order valence-electron chi connectivity index (χ4n) is 3.96. The number of fused-ring (bicyclic) bond motifs is 1. The minimum atomic E-state index is -0.695. The molecular formula is C24H25NO6. The first kappa shape index (κ1) is 20.9. The molecular weight excluding hydrogens is 398 g/mol. The van der Waals surface area contributed by atoms with Gasteiger partial charge in [0, 0.05) is 23.7 Å². The molecule has 0 N–H and O–H groups in total. The Bertz CT molecular complexity index is 1000. The maximum Gasteiger partial charge on any atom is 0.339 e. The number of carbonyl (C=O) groups is 3. The molecule has 1 amide bonds. The SMILES string of the molecule is C[C@H]1CCCCN1C(=O)COC(=O)c1ccccc1C(=O)c1ccc2c(c1)OCCO2. The van der Waals surface area contributed by atoms with E-state index < -0.39 is 5.97 Å². The fourth-order valence-corrected chi connectivity index (χ4v) is 3.96. The summed E-state index contributed by atoms with van der Waals surface area (Å²) in [5.41, 5.74) is 0.715. The average molecular weight is 423 g/mol. The Morgan fingerprint density at radius 3 is 2.52 bits per heavy atom. The quantitative estimate of drug-likeness (QED) is 0.542. The van der Waals surface area contributed by atoms with Gasteiger partial charge in [-0.1, -0.05) is 18.2 Å². The van der Waals surface area contributed by atoms with Crippen LogP contribution in [-0.4, -0.2) is 55.0 Å². The molecule has 1 atom stereocenters. The van der Waals surface area contributed by atoms with Crippen molar-refractivity contribution in [2.45, 2.75) is 32.2 Å². The molecule has 7 nitrogen and oxygen atoms in total. The van der Waals surface area contributed by atoms with E-state index in [9.17, 15) is 14.4 Å². The van der Waals surface area contributed by atoms with E-state index >= 15 is 0 Å². The molecule has 0 spiro atoms. The summed E-state index contributed by atoms with van der Waals surface area (Å²) in [5, 5.41) is 0. The molecule has 7 heteroatoms. The fraction of sp³-hybridized carbons (Fsp3) is 0.375.